The van der Waals surface area contributed by atoms with Gasteiger partial charge < -0.3 is 31.9 Å². The second kappa shape index (κ2) is 25.3. The summed E-state index contributed by atoms with van der Waals surface area (Å²) in [5.41, 5.74) is 4.20. The number of azo groups is 4. The average molecular weight is 1530 g/mol. The molecule has 100 heavy (non-hydrogen) atoms. The van der Waals surface area contributed by atoms with Gasteiger partial charge in [-0.1, -0.05) is 36.4 Å². The van der Waals surface area contributed by atoms with Crippen LogP contribution in [0.3, 0.4) is 0 Å². The Labute approximate surface area is 560 Å². The van der Waals surface area contributed by atoms with Crippen molar-refractivity contribution in [2.75, 3.05) is 11.5 Å². The average Bonchev–Trinajstić information content (AvgIpc) is 0.765. The van der Waals surface area contributed by atoms with Crippen LogP contribution in [-0.4, -0.2) is 124 Å². The fourth-order valence-corrected chi connectivity index (χ4v) is 14.9. The van der Waals surface area contributed by atoms with Gasteiger partial charge in [0.05, 0.1) is 32.5 Å². The van der Waals surface area contributed by atoms with E-state index < -0.39 is 221 Å². The lowest BCUT2D eigenvalue weighted by atomic mass is 10.1. The Morgan fingerprint density at radius 1 is 0.270 bits per heavy atom. The van der Waals surface area contributed by atoms with Crippen molar-refractivity contribution in [1.29, 1.82) is 0 Å². The molecule has 0 radical (unpaired) electrons. The molecule has 10 aromatic rings. The number of nitrogens with zero attached hydrogens (tertiary/aromatic N) is 8. The Balaban J connectivity index is 0.959. The van der Waals surface area contributed by atoms with E-state index in [1.54, 1.807) is 0 Å². The molecule has 0 aliphatic heterocycles. The maximum absolute atomic E-state index is 12.8. The van der Waals surface area contributed by atoms with Gasteiger partial charge in [0.25, 0.3) is 80.9 Å². The number of rotatable bonds is 18. The molecule has 0 aliphatic rings. The van der Waals surface area contributed by atoms with Gasteiger partial charge in [0.1, 0.15) is 52.1 Å². The Bertz CT molecular complexity index is 6090. The summed E-state index contributed by atoms with van der Waals surface area (Å²) in [5.74, 6) is -4.28. The van der Waals surface area contributed by atoms with Crippen LogP contribution in [0, 0.1) is 0 Å². The Morgan fingerprint density at radius 3 is 0.810 bits per heavy atom. The molecule has 0 heterocycles. The highest BCUT2D eigenvalue weighted by Crippen LogP contribution is 2.49. The zero-order valence-corrected chi connectivity index (χ0v) is 55.1. The van der Waals surface area contributed by atoms with Gasteiger partial charge in [-0.2, -0.15) is 87.8 Å². The van der Waals surface area contributed by atoms with E-state index in [9.17, 15) is 124 Å². The zero-order valence-electron chi connectivity index (χ0n) is 48.6. The van der Waals surface area contributed by atoms with Crippen molar-refractivity contribution >= 4 is 193 Å². The highest BCUT2D eigenvalue weighted by Gasteiger charge is 2.30. The minimum Gasteiger partial charge on any atom is -0.505 e. The van der Waals surface area contributed by atoms with E-state index in [0.717, 1.165) is 97.1 Å². The summed E-state index contributed by atoms with van der Waals surface area (Å²) < 4.78 is 279. The van der Waals surface area contributed by atoms with Crippen molar-refractivity contribution in [3.63, 3.8) is 0 Å². The quantitative estimate of drug-likeness (QED) is 0.0164. The number of nitrogens with two attached hydrogens (primary N) is 2. The first kappa shape index (κ1) is 72.2. The molecular formula is C54H38N10O28S8. The smallest absolute Gasteiger partial charge is 0.296 e. The lowest BCUT2D eigenvalue weighted by Gasteiger charge is -2.12. The van der Waals surface area contributed by atoms with Crippen LogP contribution in [0.4, 0.5) is 56.9 Å². The van der Waals surface area contributed by atoms with Gasteiger partial charge in [0, 0.05) is 32.9 Å². The number of nitrogen functional groups attached to an aromatic ring is 2. The van der Waals surface area contributed by atoms with Crippen LogP contribution in [0.1, 0.15) is 11.1 Å². The third kappa shape index (κ3) is 14.8. The van der Waals surface area contributed by atoms with E-state index in [2.05, 4.69) is 40.9 Å². The molecule has 0 unspecified atom stereocenters. The Kier molecular flexibility index (Phi) is 18.3. The van der Waals surface area contributed by atoms with E-state index in [4.69, 9.17) is 11.5 Å². The molecule has 16 N–H and O–H groups in total. The van der Waals surface area contributed by atoms with Crippen molar-refractivity contribution in [1.82, 2.24) is 0 Å². The molecular weight excluding hydrogens is 1490 g/mol. The predicted octanol–water partition coefficient (Wildman–Crippen LogP) is 10.1. The predicted molar refractivity (Wildman–Crippen MR) is 348 cm³/mol. The second-order valence-electron chi connectivity index (χ2n) is 20.7. The minimum absolute atomic E-state index is 0.164. The largest absolute Gasteiger partial charge is 0.505 e. The number of fused-ring (bicyclic) bond motifs is 4. The summed E-state index contributed by atoms with van der Waals surface area (Å²) >= 11 is 0. The van der Waals surface area contributed by atoms with E-state index >= 15 is 0 Å². The van der Waals surface area contributed by atoms with Crippen molar-refractivity contribution < 1.29 is 124 Å². The van der Waals surface area contributed by atoms with Gasteiger partial charge in [0.15, 0.2) is 23.0 Å². The summed E-state index contributed by atoms with van der Waals surface area (Å²) in [7, 11) is -41.8. The van der Waals surface area contributed by atoms with Gasteiger partial charge in [0.2, 0.25) is 0 Å². The molecule has 0 bridgehead atoms. The molecule has 0 aliphatic carbocycles. The number of hydrogen-bond acceptors (Lipinski definition) is 30. The first-order valence-corrected chi connectivity index (χ1v) is 37.8. The fraction of sp³-hybridized carbons (Fsp3) is 0. The normalized spacial score (nSPS) is 13.5. The van der Waals surface area contributed by atoms with Crippen LogP contribution in [-0.2, 0) is 80.9 Å². The lowest BCUT2D eigenvalue weighted by Crippen LogP contribution is -2.02. The topological polar surface area (TPSA) is 667 Å². The van der Waals surface area contributed by atoms with Crippen LogP contribution in [0.2, 0.25) is 0 Å². The molecule has 10 aromatic carbocycles. The summed E-state index contributed by atoms with van der Waals surface area (Å²) in [4.78, 5) is -8.14. The van der Waals surface area contributed by atoms with E-state index in [1.807, 2.05) is 0 Å². The molecule has 0 atom stereocenters. The number of anilines is 2. The standard InChI is InChI=1S/C54H38N10O28S8/c55-37-21-33(93(69,70)71)11-27-15-43(99(87,88)89)49(53(67)45(27)37)63-57-29-9-5-25-13-41(97(81,82)83)47(51(65)35(25)17-29)61-59-31-7-3-23(39(19-31)95(75,76)77)1-2-24-4-8-32(20-40(24)96(78,79)80)60-62-48-42(98(84,85)86)14-26-6-10-30(18-36(26)52(48)66)58-64-50-44(100(90,91)92)16-28-12-34(94(72,73)74)22-38(56)46(28)54(50)68/h1-22,65-68H,55-56H2,(H,69,70,71)(H,72,73,74)(H,75,76,77)(H,78,79,80)(H,81,82,83)(H,84,85,86)(H,87,88,89)(H,90,91,92)/b2-1+,61-59?,62-60?,63-57?,64-58?. The van der Waals surface area contributed by atoms with Crippen LogP contribution in [0.5, 0.6) is 23.0 Å². The first-order valence-electron chi connectivity index (χ1n) is 26.3. The van der Waals surface area contributed by atoms with E-state index in [1.165, 1.54) is 0 Å². The first-order chi connectivity index (χ1) is 46.1. The highest BCUT2D eigenvalue weighted by atomic mass is 32.2. The third-order valence-electron chi connectivity index (χ3n) is 14.1. The third-order valence-corrected chi connectivity index (χ3v) is 21.1. The Morgan fingerprint density at radius 2 is 0.530 bits per heavy atom. The zero-order chi connectivity index (χ0) is 73.7. The maximum atomic E-state index is 12.8. The van der Waals surface area contributed by atoms with Crippen molar-refractivity contribution in [3.05, 3.63) is 132 Å². The fourth-order valence-electron chi connectivity index (χ4n) is 9.74. The number of phenols is 4. The summed E-state index contributed by atoms with van der Waals surface area (Å²) in [6.45, 7) is 0. The SMILES string of the molecule is Nc1cc(S(=O)(=O)O)cc2cc(S(=O)(=O)O)c(N=Nc3ccc4cc(S(=O)(=O)O)c(N=Nc5ccc(/C=C/c6ccc(N=Nc7c(S(=O)(=O)O)cc8ccc(N=Nc9c(S(=O)(=O)O)cc%10cc(S(=O)(=O)O)cc(N)c%10c9O)cc8c7O)cc6S(=O)(=O)O)c(S(=O)(=O)O)c5)c(O)c4c3)c(O)c12. The highest BCUT2D eigenvalue weighted by molar-refractivity contribution is 7.87. The van der Waals surface area contributed by atoms with Crippen LogP contribution in [0.15, 0.2) is 201 Å². The van der Waals surface area contributed by atoms with Crippen molar-refractivity contribution in [2.45, 2.75) is 39.2 Å². The van der Waals surface area contributed by atoms with E-state index in [-0.39, 0.29) is 32.9 Å². The second-order valence-corrected chi connectivity index (χ2v) is 31.9. The maximum Gasteiger partial charge on any atom is 0.296 e. The molecule has 0 amide bonds. The van der Waals surface area contributed by atoms with Crippen LogP contribution < -0.4 is 11.5 Å². The van der Waals surface area contributed by atoms with Gasteiger partial charge in [-0.3, -0.25) is 36.4 Å². The summed E-state index contributed by atoms with van der Waals surface area (Å²) in [6.07, 6.45) is 1.77. The minimum atomic E-state index is -5.33. The van der Waals surface area contributed by atoms with Gasteiger partial charge in [-0.25, -0.2) is 0 Å². The van der Waals surface area contributed by atoms with Gasteiger partial charge >= 0.3 is 0 Å². The summed E-state index contributed by atoms with van der Waals surface area (Å²) in [6, 6.07) is 17.2. The van der Waals surface area contributed by atoms with Gasteiger partial charge in [-0.15, -0.1) is 20.5 Å². The summed E-state index contributed by atoms with van der Waals surface area (Å²) in [5, 5.41) is 72.5. The van der Waals surface area contributed by atoms with E-state index in [0.29, 0.717) is 36.4 Å². The molecule has 46 heteroatoms. The van der Waals surface area contributed by atoms with Crippen LogP contribution >= 0.6 is 0 Å². The lowest BCUT2D eigenvalue weighted by molar-refractivity contribution is 0.471. The number of phenolic OH excluding ortho intramolecular Hbond substituents is 4. The molecule has 0 saturated heterocycles. The Hall–Kier alpha value is -10.5. The number of hydrogen-bond donors (Lipinski definition) is 14. The molecule has 520 valence electrons. The molecule has 10 rings (SSSR count). The molecule has 0 spiro atoms. The monoisotopic (exact) mass is 1530 g/mol. The van der Waals surface area contributed by atoms with Crippen molar-refractivity contribution in [3.8, 4) is 23.0 Å². The molecule has 0 fully saturated rings. The van der Waals surface area contributed by atoms with Gasteiger partial charge in [-0.05, 0) is 130 Å². The molecule has 38 nitrogen and oxygen atoms in total. The number of aromatic hydroxyl groups is 4. The molecule has 0 saturated carbocycles. The van der Waals surface area contributed by atoms with Crippen LogP contribution in [0.25, 0.3) is 55.2 Å². The van der Waals surface area contributed by atoms with Crippen molar-refractivity contribution in [2.24, 2.45) is 40.9 Å². The molecule has 0 aromatic heterocycles. The number of benzene rings is 10.